The first-order valence-electron chi connectivity index (χ1n) is 5.84. The summed E-state index contributed by atoms with van der Waals surface area (Å²) in [7, 11) is 0. The molecule has 0 spiro atoms. The zero-order valence-electron chi connectivity index (χ0n) is 10.0. The van der Waals surface area contributed by atoms with Gasteiger partial charge in [0.05, 0.1) is 10.7 Å². The summed E-state index contributed by atoms with van der Waals surface area (Å²) in [5.74, 6) is 0.867. The van der Waals surface area contributed by atoms with Gasteiger partial charge in [-0.2, -0.15) is 0 Å². The number of thiazole rings is 1. The van der Waals surface area contributed by atoms with E-state index in [1.807, 2.05) is 11.3 Å². The maximum atomic E-state index is 4.58. The Labute approximate surface area is 96.1 Å². The van der Waals surface area contributed by atoms with Gasteiger partial charge in [-0.25, -0.2) is 4.98 Å². The van der Waals surface area contributed by atoms with Crippen LogP contribution in [0, 0.1) is 12.8 Å². The maximum absolute atomic E-state index is 4.58. The van der Waals surface area contributed by atoms with Crippen molar-refractivity contribution in [2.75, 3.05) is 0 Å². The number of nitrogens with zero attached hydrogens (tertiary/aromatic N) is 1. The molecule has 1 aliphatic carbocycles. The molecule has 1 N–H and O–H groups in total. The fourth-order valence-corrected chi connectivity index (χ4v) is 2.99. The van der Waals surface area contributed by atoms with Gasteiger partial charge >= 0.3 is 0 Å². The normalized spacial score (nSPS) is 26.7. The van der Waals surface area contributed by atoms with E-state index in [1.54, 1.807) is 0 Å². The predicted octanol–water partition coefficient (Wildman–Crippen LogP) is 3.07. The van der Waals surface area contributed by atoms with Crippen LogP contribution in [0.15, 0.2) is 0 Å². The summed E-state index contributed by atoms with van der Waals surface area (Å²) in [5, 5.41) is 4.93. The Balaban J connectivity index is 2.03. The van der Waals surface area contributed by atoms with Crippen LogP contribution in [-0.4, -0.2) is 11.0 Å². The van der Waals surface area contributed by atoms with E-state index in [0.717, 1.165) is 18.4 Å². The molecule has 2 rings (SSSR count). The summed E-state index contributed by atoms with van der Waals surface area (Å²) >= 11 is 1.86. The highest BCUT2D eigenvalue weighted by Gasteiger charge is 2.33. The topological polar surface area (TPSA) is 24.9 Å². The summed E-state index contributed by atoms with van der Waals surface area (Å²) in [6, 6.07) is 1.21. The highest BCUT2D eigenvalue weighted by atomic mass is 32.1. The highest BCUT2D eigenvalue weighted by molar-refractivity contribution is 7.11. The zero-order valence-corrected chi connectivity index (χ0v) is 10.8. The molecule has 3 unspecified atom stereocenters. The largest absolute Gasteiger partial charge is 0.306 e. The first-order chi connectivity index (χ1) is 7.11. The van der Waals surface area contributed by atoms with Crippen LogP contribution < -0.4 is 5.32 Å². The van der Waals surface area contributed by atoms with E-state index in [0.29, 0.717) is 6.04 Å². The third kappa shape index (κ3) is 2.40. The van der Waals surface area contributed by atoms with E-state index in [-0.39, 0.29) is 0 Å². The second-order valence-electron chi connectivity index (χ2n) is 4.62. The van der Waals surface area contributed by atoms with Crippen LogP contribution in [0.1, 0.15) is 48.8 Å². The van der Waals surface area contributed by atoms with E-state index < -0.39 is 0 Å². The molecule has 0 saturated heterocycles. The van der Waals surface area contributed by atoms with Crippen molar-refractivity contribution in [3.8, 4) is 0 Å². The Hall–Kier alpha value is -0.410. The Morgan fingerprint density at radius 2 is 2.27 bits per heavy atom. The summed E-state index contributed by atoms with van der Waals surface area (Å²) in [4.78, 5) is 6.00. The lowest BCUT2D eigenvalue weighted by molar-refractivity contribution is 0.556. The molecule has 0 aromatic carbocycles. The van der Waals surface area contributed by atoms with Crippen LogP contribution >= 0.6 is 11.3 Å². The molecule has 3 atom stereocenters. The minimum absolute atomic E-state index is 0.470. The van der Waals surface area contributed by atoms with Crippen molar-refractivity contribution in [1.82, 2.24) is 10.3 Å². The molecule has 84 valence electrons. The summed E-state index contributed by atoms with van der Waals surface area (Å²) in [5.41, 5.74) is 1.21. The van der Waals surface area contributed by atoms with Crippen molar-refractivity contribution in [3.05, 3.63) is 15.6 Å². The Bertz CT molecular complexity index is 345. The number of hydrogen-bond acceptors (Lipinski definition) is 3. The molecule has 0 bridgehead atoms. The molecule has 0 radical (unpaired) electrons. The van der Waals surface area contributed by atoms with Gasteiger partial charge in [0.1, 0.15) is 0 Å². The van der Waals surface area contributed by atoms with Gasteiger partial charge in [0.2, 0.25) is 0 Å². The van der Waals surface area contributed by atoms with Gasteiger partial charge in [0.15, 0.2) is 0 Å². The van der Waals surface area contributed by atoms with Gasteiger partial charge in [-0.3, -0.25) is 0 Å². The number of aromatic nitrogens is 1. The molecule has 1 heterocycles. The van der Waals surface area contributed by atoms with Crippen LogP contribution in [-0.2, 0) is 6.42 Å². The monoisotopic (exact) mass is 224 g/mol. The van der Waals surface area contributed by atoms with Gasteiger partial charge in [0, 0.05) is 17.0 Å². The molecule has 2 nitrogen and oxygen atoms in total. The average molecular weight is 224 g/mol. The fourth-order valence-electron chi connectivity index (χ4n) is 1.97. The van der Waals surface area contributed by atoms with Gasteiger partial charge in [-0.1, -0.05) is 13.8 Å². The Morgan fingerprint density at radius 1 is 1.60 bits per heavy atom. The lowest BCUT2D eigenvalue weighted by Gasteiger charge is -2.11. The van der Waals surface area contributed by atoms with Gasteiger partial charge < -0.3 is 5.32 Å². The van der Waals surface area contributed by atoms with E-state index in [2.05, 4.69) is 38.0 Å². The Morgan fingerprint density at radius 3 is 2.73 bits per heavy atom. The standard InChI is InChI=1S/C12H20N2S/c1-5-11-14-9(4)12(15-11)8(3)13-10-6-7(10)2/h7-8,10,13H,5-6H2,1-4H3. The third-order valence-electron chi connectivity index (χ3n) is 3.15. The second-order valence-corrected chi connectivity index (χ2v) is 5.73. The van der Waals surface area contributed by atoms with Gasteiger partial charge in [-0.05, 0) is 32.6 Å². The molecule has 0 aliphatic heterocycles. The SMILES string of the molecule is CCc1nc(C)c(C(C)NC2CC2C)s1. The van der Waals surface area contributed by atoms with E-state index in [4.69, 9.17) is 0 Å². The molecule has 1 fully saturated rings. The number of hydrogen-bond donors (Lipinski definition) is 1. The van der Waals surface area contributed by atoms with Gasteiger partial charge in [-0.15, -0.1) is 11.3 Å². The number of nitrogens with one attached hydrogen (secondary N) is 1. The summed E-state index contributed by atoms with van der Waals surface area (Å²) in [6.45, 7) is 8.86. The Kier molecular flexibility index (Phi) is 3.12. The molecule has 15 heavy (non-hydrogen) atoms. The molecular weight excluding hydrogens is 204 g/mol. The number of aryl methyl sites for hydroxylation is 2. The molecule has 3 heteroatoms. The molecular formula is C12H20N2S. The van der Waals surface area contributed by atoms with Gasteiger partial charge in [0.25, 0.3) is 0 Å². The highest BCUT2D eigenvalue weighted by Crippen LogP contribution is 2.33. The predicted molar refractivity (Wildman–Crippen MR) is 65.3 cm³/mol. The molecule has 1 aromatic rings. The summed E-state index contributed by atoms with van der Waals surface area (Å²) < 4.78 is 0. The van der Waals surface area contributed by atoms with Crippen LogP contribution in [0.5, 0.6) is 0 Å². The van der Waals surface area contributed by atoms with Crippen LogP contribution in [0.25, 0.3) is 0 Å². The maximum Gasteiger partial charge on any atom is 0.0928 e. The third-order valence-corrected chi connectivity index (χ3v) is 4.63. The summed E-state index contributed by atoms with van der Waals surface area (Å²) in [6.07, 6.45) is 2.39. The molecule has 1 aromatic heterocycles. The lowest BCUT2D eigenvalue weighted by Crippen LogP contribution is -2.21. The first-order valence-corrected chi connectivity index (χ1v) is 6.65. The number of rotatable bonds is 4. The van der Waals surface area contributed by atoms with Crippen LogP contribution in [0.2, 0.25) is 0 Å². The van der Waals surface area contributed by atoms with Crippen molar-refractivity contribution < 1.29 is 0 Å². The van der Waals surface area contributed by atoms with E-state index in [1.165, 1.54) is 22.0 Å². The average Bonchev–Trinajstić information content (AvgIpc) is 2.75. The van der Waals surface area contributed by atoms with Crippen molar-refractivity contribution in [2.24, 2.45) is 5.92 Å². The first kappa shape index (κ1) is 11.1. The van der Waals surface area contributed by atoms with Crippen molar-refractivity contribution in [1.29, 1.82) is 0 Å². The van der Waals surface area contributed by atoms with Crippen molar-refractivity contribution in [2.45, 2.75) is 52.6 Å². The van der Waals surface area contributed by atoms with E-state index >= 15 is 0 Å². The minimum atomic E-state index is 0.470. The van der Waals surface area contributed by atoms with E-state index in [9.17, 15) is 0 Å². The zero-order chi connectivity index (χ0) is 11.0. The minimum Gasteiger partial charge on any atom is -0.306 e. The molecule has 1 aliphatic rings. The lowest BCUT2D eigenvalue weighted by atomic mass is 10.2. The van der Waals surface area contributed by atoms with Crippen molar-refractivity contribution in [3.63, 3.8) is 0 Å². The van der Waals surface area contributed by atoms with Crippen LogP contribution in [0.4, 0.5) is 0 Å². The van der Waals surface area contributed by atoms with Crippen molar-refractivity contribution >= 4 is 11.3 Å². The fraction of sp³-hybridized carbons (Fsp3) is 0.750. The molecule has 1 saturated carbocycles. The quantitative estimate of drug-likeness (QED) is 0.850. The smallest absolute Gasteiger partial charge is 0.0928 e. The molecule has 0 amide bonds. The second kappa shape index (κ2) is 4.22. The van der Waals surface area contributed by atoms with Crippen LogP contribution in [0.3, 0.4) is 0 Å².